The first-order valence-corrected chi connectivity index (χ1v) is 5.32. The van der Waals surface area contributed by atoms with Crippen molar-refractivity contribution in [2.24, 2.45) is 16.6 Å². The molecule has 0 bridgehead atoms. The summed E-state index contributed by atoms with van der Waals surface area (Å²) in [5, 5.41) is 1.07. The van der Waals surface area contributed by atoms with Crippen molar-refractivity contribution in [1.82, 2.24) is 0 Å². The smallest absolute Gasteiger partial charge is 0.153 e. The van der Waals surface area contributed by atoms with E-state index in [0.717, 1.165) is 0 Å². The molecule has 3 nitrogen and oxygen atoms in total. The molecule has 0 amide bonds. The summed E-state index contributed by atoms with van der Waals surface area (Å²) < 4.78 is 5.25. The van der Waals surface area contributed by atoms with Gasteiger partial charge in [0.2, 0.25) is 0 Å². The molecule has 0 aromatic heterocycles. The molecule has 0 spiro atoms. The summed E-state index contributed by atoms with van der Waals surface area (Å²) in [6.07, 6.45) is 0.257. The molecule has 0 fully saturated rings. The highest BCUT2D eigenvalue weighted by molar-refractivity contribution is 8.14. The van der Waals surface area contributed by atoms with Crippen molar-refractivity contribution < 1.29 is 4.74 Å². The van der Waals surface area contributed by atoms with Crippen LogP contribution in [0.1, 0.15) is 20.8 Å². The van der Waals surface area contributed by atoms with Crippen LogP contribution in [0.5, 0.6) is 0 Å². The lowest BCUT2D eigenvalue weighted by atomic mass is 10.0. The van der Waals surface area contributed by atoms with E-state index in [1.165, 1.54) is 0 Å². The van der Waals surface area contributed by atoms with E-state index in [-0.39, 0.29) is 6.10 Å². The van der Waals surface area contributed by atoms with Gasteiger partial charge < -0.3 is 10.5 Å². The van der Waals surface area contributed by atoms with Gasteiger partial charge in [-0.3, -0.25) is 4.99 Å². The zero-order chi connectivity index (χ0) is 10.4. The highest BCUT2D eigenvalue weighted by Crippen LogP contribution is 2.22. The molecule has 0 aliphatic rings. The molecule has 0 saturated heterocycles. The normalized spacial score (nSPS) is 19.6. The predicted octanol–water partition coefficient (Wildman–Crippen LogP) is 1.72. The molecule has 2 N–H and O–H groups in total. The van der Waals surface area contributed by atoms with Gasteiger partial charge >= 0.3 is 0 Å². The Labute approximate surface area is 85.1 Å². The Morgan fingerprint density at radius 2 is 1.92 bits per heavy atom. The second kappa shape index (κ2) is 6.27. The van der Waals surface area contributed by atoms with Crippen LogP contribution in [0.25, 0.3) is 0 Å². The van der Waals surface area contributed by atoms with Crippen LogP contribution in [0.4, 0.5) is 0 Å². The number of amidine groups is 1. The Bertz CT molecular complexity index is 173. The fourth-order valence-corrected chi connectivity index (χ4v) is 1.87. The van der Waals surface area contributed by atoms with Gasteiger partial charge in [0.15, 0.2) is 5.17 Å². The fourth-order valence-electron chi connectivity index (χ4n) is 0.947. The topological polar surface area (TPSA) is 47.6 Å². The van der Waals surface area contributed by atoms with Crippen molar-refractivity contribution in [2.45, 2.75) is 32.1 Å². The van der Waals surface area contributed by atoms with Gasteiger partial charge in [-0.15, -0.1) is 0 Å². The zero-order valence-electron chi connectivity index (χ0n) is 9.07. The van der Waals surface area contributed by atoms with Gasteiger partial charge in [0, 0.05) is 19.4 Å². The van der Waals surface area contributed by atoms with Crippen molar-refractivity contribution in [3.63, 3.8) is 0 Å². The average Bonchev–Trinajstić information content (AvgIpc) is 2.14. The molecule has 78 valence electrons. The Hall–Kier alpha value is -0.220. The molecule has 1 unspecified atom stereocenters. The van der Waals surface area contributed by atoms with E-state index < -0.39 is 0 Å². The van der Waals surface area contributed by atoms with Gasteiger partial charge in [-0.25, -0.2) is 0 Å². The molecule has 4 heteroatoms. The molecule has 0 saturated carbocycles. The van der Waals surface area contributed by atoms with Gasteiger partial charge in [0.25, 0.3) is 0 Å². The molecule has 0 heterocycles. The minimum atomic E-state index is 0.257. The fraction of sp³-hybridized carbons (Fsp3) is 0.889. The number of methoxy groups -OCH3 is 1. The molecule has 0 aliphatic heterocycles. The molecular formula is C9H20N2OS. The van der Waals surface area contributed by atoms with E-state index in [1.807, 2.05) is 0 Å². The molecule has 3 atom stereocenters. The van der Waals surface area contributed by atoms with Crippen molar-refractivity contribution >= 4 is 16.9 Å². The molecule has 13 heavy (non-hydrogen) atoms. The minimum absolute atomic E-state index is 0.257. The molecule has 0 aliphatic carbocycles. The molecular weight excluding hydrogens is 184 g/mol. The van der Waals surface area contributed by atoms with E-state index in [2.05, 4.69) is 25.8 Å². The lowest BCUT2D eigenvalue weighted by Crippen LogP contribution is -2.26. The van der Waals surface area contributed by atoms with Crippen molar-refractivity contribution in [3.05, 3.63) is 0 Å². The second-order valence-corrected chi connectivity index (χ2v) is 4.58. The highest BCUT2D eigenvalue weighted by Gasteiger charge is 2.19. The zero-order valence-corrected chi connectivity index (χ0v) is 9.89. The van der Waals surface area contributed by atoms with Crippen LogP contribution in [0.2, 0.25) is 0 Å². The van der Waals surface area contributed by atoms with Crippen LogP contribution in [0, 0.1) is 5.92 Å². The summed E-state index contributed by atoms with van der Waals surface area (Å²) in [6.45, 7) is 6.37. The van der Waals surface area contributed by atoms with Crippen LogP contribution in [0.15, 0.2) is 4.99 Å². The number of nitrogens with two attached hydrogens (primary N) is 1. The van der Waals surface area contributed by atoms with Gasteiger partial charge in [-0.1, -0.05) is 25.6 Å². The van der Waals surface area contributed by atoms with Gasteiger partial charge in [-0.05, 0) is 12.8 Å². The van der Waals surface area contributed by atoms with Crippen LogP contribution < -0.4 is 5.73 Å². The summed E-state index contributed by atoms with van der Waals surface area (Å²) in [4.78, 5) is 3.91. The molecule has 0 aromatic rings. The maximum atomic E-state index is 5.63. The number of hydrogen-bond acceptors (Lipinski definition) is 3. The third kappa shape index (κ3) is 4.52. The number of thioether (sulfide) groups is 1. The van der Waals surface area contributed by atoms with E-state index in [9.17, 15) is 0 Å². The van der Waals surface area contributed by atoms with Crippen LogP contribution in [0.3, 0.4) is 0 Å². The summed E-state index contributed by atoms with van der Waals surface area (Å²) in [7, 11) is 3.44. The second-order valence-electron chi connectivity index (χ2n) is 3.18. The van der Waals surface area contributed by atoms with Gasteiger partial charge in [0.1, 0.15) is 0 Å². The molecule has 0 radical (unpaired) electrons. The first-order valence-electron chi connectivity index (χ1n) is 4.44. The predicted molar refractivity (Wildman–Crippen MR) is 60.2 cm³/mol. The Morgan fingerprint density at radius 3 is 2.31 bits per heavy atom. The maximum Gasteiger partial charge on any atom is 0.153 e. The molecule has 0 rings (SSSR count). The van der Waals surface area contributed by atoms with E-state index in [4.69, 9.17) is 10.5 Å². The van der Waals surface area contributed by atoms with E-state index >= 15 is 0 Å². The van der Waals surface area contributed by atoms with Crippen molar-refractivity contribution in [2.75, 3.05) is 14.2 Å². The largest absolute Gasteiger partial charge is 0.381 e. The van der Waals surface area contributed by atoms with Crippen LogP contribution >= 0.6 is 11.8 Å². The number of ether oxygens (including phenoxy) is 1. The number of nitrogens with zero attached hydrogens (tertiary/aromatic N) is 1. The van der Waals surface area contributed by atoms with Crippen molar-refractivity contribution in [3.8, 4) is 0 Å². The lowest BCUT2D eigenvalue weighted by molar-refractivity contribution is 0.0745. The maximum absolute atomic E-state index is 5.63. The Balaban J connectivity index is 4.02. The van der Waals surface area contributed by atoms with Gasteiger partial charge in [-0.2, -0.15) is 0 Å². The molecule has 0 aromatic carbocycles. The first kappa shape index (κ1) is 12.8. The Morgan fingerprint density at radius 1 is 1.38 bits per heavy atom. The first-order chi connectivity index (χ1) is 6.02. The minimum Gasteiger partial charge on any atom is -0.381 e. The third-order valence-corrected chi connectivity index (χ3v) is 3.60. The standard InChI is InChI=1S/C9H20N2OS/c1-6(7(2)12-5)8(3)13-9(10)11-4/h6-8H,1-5H3,(H2,10,11)/t6-,7?,8-/m1/s1. The van der Waals surface area contributed by atoms with Crippen LogP contribution in [-0.4, -0.2) is 30.7 Å². The summed E-state index contributed by atoms with van der Waals surface area (Å²) >= 11 is 1.60. The number of rotatable bonds is 4. The quantitative estimate of drug-likeness (QED) is 0.560. The summed E-state index contributed by atoms with van der Waals surface area (Å²) in [5.41, 5.74) is 5.63. The third-order valence-electron chi connectivity index (χ3n) is 2.38. The summed E-state index contributed by atoms with van der Waals surface area (Å²) in [5.74, 6) is 0.468. The highest BCUT2D eigenvalue weighted by atomic mass is 32.2. The summed E-state index contributed by atoms with van der Waals surface area (Å²) in [6, 6.07) is 0. The SMILES string of the molecule is CN=C(N)S[C@H](C)[C@H](C)C(C)OC. The average molecular weight is 204 g/mol. The van der Waals surface area contributed by atoms with Crippen molar-refractivity contribution in [1.29, 1.82) is 0 Å². The lowest BCUT2D eigenvalue weighted by Gasteiger charge is -2.24. The van der Waals surface area contributed by atoms with Crippen LogP contribution in [-0.2, 0) is 4.74 Å². The van der Waals surface area contributed by atoms with Gasteiger partial charge in [0.05, 0.1) is 6.10 Å². The Kier molecular flexibility index (Phi) is 6.16. The van der Waals surface area contributed by atoms with E-state index in [0.29, 0.717) is 16.3 Å². The monoisotopic (exact) mass is 204 g/mol. The van der Waals surface area contributed by atoms with E-state index in [1.54, 1.807) is 25.9 Å². The number of hydrogen-bond donors (Lipinski definition) is 1. The number of aliphatic imine (C=N–C) groups is 1.